The van der Waals surface area contributed by atoms with Gasteiger partial charge in [0.05, 0.1) is 5.71 Å². The fourth-order valence-electron chi connectivity index (χ4n) is 4.39. The largest absolute Gasteiger partial charge is 0.375 e. The Bertz CT molecular complexity index is 820. The monoisotopic (exact) mass is 379 g/mol. The van der Waals surface area contributed by atoms with E-state index in [1.807, 2.05) is 0 Å². The number of hydrogen-bond donors (Lipinski definition) is 2. The second-order valence-corrected chi connectivity index (χ2v) is 7.59. The fraction of sp³-hybridized carbons (Fsp3) is 0.455. The SMILES string of the molecule is C=N/C(=C1/CN(CC2=Cc3ccccc3CC2)C/C1=N/CO)N1CCNCC1. The van der Waals surface area contributed by atoms with Crippen molar-refractivity contribution in [1.82, 2.24) is 15.1 Å². The van der Waals surface area contributed by atoms with Gasteiger partial charge in [0.2, 0.25) is 0 Å². The number of aryl methyl sites for hydroxylation is 1. The number of aliphatic imine (C=N–C) groups is 2. The molecule has 148 valence electrons. The molecule has 0 radical (unpaired) electrons. The number of aliphatic hydroxyl groups excluding tert-OH is 1. The van der Waals surface area contributed by atoms with Crippen LogP contribution in [0.25, 0.3) is 6.08 Å². The van der Waals surface area contributed by atoms with E-state index in [9.17, 15) is 5.11 Å². The highest BCUT2D eigenvalue weighted by atomic mass is 16.3. The molecule has 0 amide bonds. The molecule has 6 heteroatoms. The molecule has 0 aromatic heterocycles. The number of likely N-dealkylation sites (tertiary alicyclic amines) is 1. The number of aliphatic hydroxyl groups is 1. The Balaban J connectivity index is 1.54. The number of fused-ring (bicyclic) bond motifs is 1. The van der Waals surface area contributed by atoms with Crippen molar-refractivity contribution in [3.63, 3.8) is 0 Å². The summed E-state index contributed by atoms with van der Waals surface area (Å²) in [6.45, 7) is 9.87. The summed E-state index contributed by atoms with van der Waals surface area (Å²) in [5.41, 5.74) is 6.30. The summed E-state index contributed by atoms with van der Waals surface area (Å²) in [6.07, 6.45) is 4.55. The van der Waals surface area contributed by atoms with E-state index in [-0.39, 0.29) is 6.73 Å². The van der Waals surface area contributed by atoms with Crippen molar-refractivity contribution >= 4 is 18.5 Å². The highest BCUT2D eigenvalue weighted by molar-refractivity contribution is 6.04. The fourth-order valence-corrected chi connectivity index (χ4v) is 4.39. The molecular formula is C22H29N5O. The van der Waals surface area contributed by atoms with Gasteiger partial charge in [0.25, 0.3) is 0 Å². The lowest BCUT2D eigenvalue weighted by Gasteiger charge is -2.30. The van der Waals surface area contributed by atoms with E-state index in [0.717, 1.165) is 75.8 Å². The van der Waals surface area contributed by atoms with Crippen molar-refractivity contribution in [1.29, 1.82) is 0 Å². The first-order valence-electron chi connectivity index (χ1n) is 10.1. The van der Waals surface area contributed by atoms with Crippen LogP contribution in [0.4, 0.5) is 0 Å². The van der Waals surface area contributed by atoms with Crippen LogP contribution in [0.2, 0.25) is 0 Å². The summed E-state index contributed by atoms with van der Waals surface area (Å²) in [5, 5.41) is 12.8. The van der Waals surface area contributed by atoms with E-state index in [4.69, 9.17) is 0 Å². The van der Waals surface area contributed by atoms with E-state index in [2.05, 4.69) is 62.2 Å². The molecule has 3 aliphatic rings. The van der Waals surface area contributed by atoms with Crippen molar-refractivity contribution in [2.45, 2.75) is 12.8 Å². The first-order chi connectivity index (χ1) is 13.8. The van der Waals surface area contributed by atoms with Gasteiger partial charge < -0.3 is 15.3 Å². The lowest BCUT2D eigenvalue weighted by Crippen LogP contribution is -2.43. The summed E-state index contributed by atoms with van der Waals surface area (Å²) in [7, 11) is 0. The van der Waals surface area contributed by atoms with Crippen LogP contribution in [0, 0.1) is 0 Å². The van der Waals surface area contributed by atoms with Crippen LogP contribution in [0.15, 0.2) is 51.2 Å². The highest BCUT2D eigenvalue weighted by Gasteiger charge is 2.29. The van der Waals surface area contributed by atoms with Gasteiger partial charge in [0.15, 0.2) is 0 Å². The zero-order chi connectivity index (χ0) is 19.3. The van der Waals surface area contributed by atoms with Crippen molar-refractivity contribution in [3.8, 4) is 0 Å². The maximum Gasteiger partial charge on any atom is 0.134 e. The summed E-state index contributed by atoms with van der Waals surface area (Å²) < 4.78 is 0. The number of rotatable bonds is 5. The van der Waals surface area contributed by atoms with Gasteiger partial charge >= 0.3 is 0 Å². The van der Waals surface area contributed by atoms with E-state index in [1.165, 1.54) is 16.7 Å². The molecule has 0 bridgehead atoms. The first kappa shape index (κ1) is 19.1. The summed E-state index contributed by atoms with van der Waals surface area (Å²) in [6, 6.07) is 8.65. The van der Waals surface area contributed by atoms with Gasteiger partial charge in [-0.3, -0.25) is 9.89 Å². The lowest BCUT2D eigenvalue weighted by molar-refractivity contribution is 0.293. The third-order valence-corrected chi connectivity index (χ3v) is 5.76. The van der Waals surface area contributed by atoms with Gasteiger partial charge in [0, 0.05) is 51.4 Å². The molecule has 0 spiro atoms. The Kier molecular flexibility index (Phi) is 6.00. The molecule has 1 aromatic carbocycles. The first-order valence-corrected chi connectivity index (χ1v) is 10.1. The quantitative estimate of drug-likeness (QED) is 0.762. The molecule has 1 aliphatic carbocycles. The maximum absolute atomic E-state index is 9.42. The van der Waals surface area contributed by atoms with Crippen LogP contribution < -0.4 is 5.32 Å². The topological polar surface area (TPSA) is 63.5 Å². The molecule has 0 unspecified atom stereocenters. The zero-order valence-electron chi connectivity index (χ0n) is 16.4. The third-order valence-electron chi connectivity index (χ3n) is 5.76. The summed E-state index contributed by atoms with van der Waals surface area (Å²) >= 11 is 0. The molecule has 28 heavy (non-hydrogen) atoms. The molecule has 0 atom stereocenters. The van der Waals surface area contributed by atoms with Gasteiger partial charge in [-0.15, -0.1) is 0 Å². The Morgan fingerprint density at radius 2 is 1.96 bits per heavy atom. The number of nitrogens with zero attached hydrogens (tertiary/aromatic N) is 4. The van der Waals surface area contributed by atoms with Crippen LogP contribution in [0.5, 0.6) is 0 Å². The van der Waals surface area contributed by atoms with E-state index < -0.39 is 0 Å². The Morgan fingerprint density at radius 3 is 2.75 bits per heavy atom. The number of hydrogen-bond acceptors (Lipinski definition) is 6. The average molecular weight is 380 g/mol. The van der Waals surface area contributed by atoms with Gasteiger partial charge in [-0.25, -0.2) is 4.99 Å². The third kappa shape index (κ3) is 4.09. The Labute approximate surface area is 167 Å². The molecule has 2 aliphatic heterocycles. The number of benzene rings is 1. The summed E-state index contributed by atoms with van der Waals surface area (Å²) in [4.78, 5) is 13.4. The van der Waals surface area contributed by atoms with E-state index in [1.54, 1.807) is 0 Å². The molecule has 2 N–H and O–H groups in total. The highest BCUT2D eigenvalue weighted by Crippen LogP contribution is 2.27. The minimum absolute atomic E-state index is 0.186. The predicted molar refractivity (Wildman–Crippen MR) is 115 cm³/mol. The normalized spacial score (nSPS) is 23.5. The van der Waals surface area contributed by atoms with Crippen molar-refractivity contribution < 1.29 is 5.11 Å². The summed E-state index contributed by atoms with van der Waals surface area (Å²) in [5.74, 6) is 0.930. The molecule has 2 saturated heterocycles. The van der Waals surface area contributed by atoms with Crippen LogP contribution in [0.3, 0.4) is 0 Å². The minimum atomic E-state index is -0.186. The van der Waals surface area contributed by atoms with Crippen LogP contribution >= 0.6 is 0 Å². The average Bonchev–Trinajstić information content (AvgIpc) is 3.11. The van der Waals surface area contributed by atoms with Crippen LogP contribution in [-0.2, 0) is 6.42 Å². The lowest BCUT2D eigenvalue weighted by atomic mass is 9.92. The van der Waals surface area contributed by atoms with Crippen molar-refractivity contribution in [2.24, 2.45) is 9.98 Å². The minimum Gasteiger partial charge on any atom is -0.375 e. The molecular weight excluding hydrogens is 350 g/mol. The second-order valence-electron chi connectivity index (χ2n) is 7.59. The van der Waals surface area contributed by atoms with Crippen molar-refractivity contribution in [2.75, 3.05) is 52.5 Å². The van der Waals surface area contributed by atoms with Gasteiger partial charge in [-0.05, 0) is 30.7 Å². The molecule has 1 aromatic rings. The molecule has 6 nitrogen and oxygen atoms in total. The Morgan fingerprint density at radius 1 is 1.14 bits per heavy atom. The molecule has 0 saturated carbocycles. The maximum atomic E-state index is 9.42. The number of piperazine rings is 1. The molecule has 2 heterocycles. The zero-order valence-corrected chi connectivity index (χ0v) is 16.4. The molecule has 2 fully saturated rings. The van der Waals surface area contributed by atoms with Gasteiger partial charge in [-0.1, -0.05) is 35.9 Å². The Hall–Kier alpha value is -2.28. The van der Waals surface area contributed by atoms with E-state index in [0.29, 0.717) is 0 Å². The van der Waals surface area contributed by atoms with E-state index >= 15 is 0 Å². The van der Waals surface area contributed by atoms with Crippen LogP contribution in [0.1, 0.15) is 17.5 Å². The second kappa shape index (κ2) is 8.82. The predicted octanol–water partition coefficient (Wildman–Crippen LogP) is 1.54. The standard InChI is InChI=1S/C22H29N5O/c1-23-22(27-10-8-24-9-11-27)20-14-26(15-21(20)25-16-28)13-17-6-7-18-4-2-3-5-19(18)12-17/h2-5,12,24,28H,1,6-11,13-16H2/b22-20+,25-21-. The number of nitrogens with one attached hydrogen (secondary N) is 1. The van der Waals surface area contributed by atoms with Gasteiger partial charge in [0.1, 0.15) is 12.6 Å². The van der Waals surface area contributed by atoms with Gasteiger partial charge in [-0.2, -0.15) is 0 Å². The van der Waals surface area contributed by atoms with Crippen LogP contribution in [-0.4, -0.2) is 79.9 Å². The molecule has 4 rings (SSSR count). The van der Waals surface area contributed by atoms with Crippen molar-refractivity contribution in [3.05, 3.63) is 52.4 Å². The smallest absolute Gasteiger partial charge is 0.134 e.